The second-order valence-corrected chi connectivity index (χ2v) is 8.15. The molecular formula is C22H24N6O2. The van der Waals surface area contributed by atoms with Crippen LogP contribution in [0.2, 0.25) is 0 Å². The lowest BCUT2D eigenvalue weighted by Crippen LogP contribution is -2.33. The lowest BCUT2D eigenvalue weighted by Gasteiger charge is -2.29. The maximum Gasteiger partial charge on any atom is 0.264 e. The zero-order chi connectivity index (χ0) is 20.5. The van der Waals surface area contributed by atoms with Gasteiger partial charge in [-0.2, -0.15) is 10.2 Å². The summed E-state index contributed by atoms with van der Waals surface area (Å²) >= 11 is 0. The van der Waals surface area contributed by atoms with E-state index >= 15 is 0 Å². The average molecular weight is 404 g/mol. The van der Waals surface area contributed by atoms with E-state index in [-0.39, 0.29) is 11.1 Å². The van der Waals surface area contributed by atoms with Crippen LogP contribution < -0.4 is 11.1 Å². The fraction of sp³-hybridized carbons (Fsp3) is 0.364. The van der Waals surface area contributed by atoms with E-state index in [1.54, 1.807) is 12.1 Å². The monoisotopic (exact) mass is 404 g/mol. The molecule has 0 spiro atoms. The maximum atomic E-state index is 11.6. The summed E-state index contributed by atoms with van der Waals surface area (Å²) in [6.07, 6.45) is 1.71. The minimum atomic E-state index is -0.141. The van der Waals surface area contributed by atoms with Gasteiger partial charge in [0.1, 0.15) is 0 Å². The van der Waals surface area contributed by atoms with E-state index in [0.29, 0.717) is 0 Å². The van der Waals surface area contributed by atoms with Crippen molar-refractivity contribution >= 4 is 0 Å². The highest BCUT2D eigenvalue weighted by atomic mass is 16.1. The second kappa shape index (κ2) is 7.97. The largest absolute Gasteiger partial charge is 0.294 e. The van der Waals surface area contributed by atoms with Crippen molar-refractivity contribution in [3.05, 3.63) is 90.7 Å². The Kier molecular flexibility index (Phi) is 5.02. The van der Waals surface area contributed by atoms with Gasteiger partial charge in [-0.05, 0) is 22.3 Å². The molecule has 2 aliphatic rings. The van der Waals surface area contributed by atoms with Crippen LogP contribution >= 0.6 is 0 Å². The molecule has 8 heteroatoms. The number of nitrogens with zero attached hydrogens (tertiary/aromatic N) is 4. The van der Waals surface area contributed by atoms with Crippen molar-refractivity contribution in [2.75, 3.05) is 13.1 Å². The Bertz CT molecular complexity index is 1100. The first kappa shape index (κ1) is 18.9. The summed E-state index contributed by atoms with van der Waals surface area (Å²) in [6, 6.07) is 12.0. The molecule has 0 saturated carbocycles. The van der Waals surface area contributed by atoms with E-state index in [2.05, 4.69) is 54.5 Å². The third-order valence-electron chi connectivity index (χ3n) is 5.88. The van der Waals surface area contributed by atoms with Crippen molar-refractivity contribution < 1.29 is 0 Å². The van der Waals surface area contributed by atoms with Crippen molar-refractivity contribution in [3.63, 3.8) is 0 Å². The summed E-state index contributed by atoms with van der Waals surface area (Å²) in [5.74, 6) is 0. The zero-order valence-electron chi connectivity index (χ0n) is 16.7. The van der Waals surface area contributed by atoms with Gasteiger partial charge in [0.05, 0.1) is 11.4 Å². The van der Waals surface area contributed by atoms with Crippen LogP contribution in [-0.2, 0) is 39.0 Å². The molecule has 5 rings (SSSR count). The standard InChI is InChI=1S/C22H24N6O2/c29-21-9-17-13-27(6-4-19(17)23-25-21)11-15-2-1-3-16(8-15)12-28-7-5-20-18(14-28)10-22(30)26-24-20/h1-3,8-10H,4-7,11-14H2,(H,25,29)(H,26,30). The normalized spacial score (nSPS) is 16.8. The summed E-state index contributed by atoms with van der Waals surface area (Å²) in [6.45, 7) is 5.06. The predicted octanol–water partition coefficient (Wildman–Crippen LogP) is 0.970. The van der Waals surface area contributed by atoms with Gasteiger partial charge >= 0.3 is 0 Å². The molecule has 4 heterocycles. The lowest BCUT2D eigenvalue weighted by molar-refractivity contribution is 0.238. The molecule has 0 amide bonds. The summed E-state index contributed by atoms with van der Waals surface area (Å²) in [4.78, 5) is 27.9. The van der Waals surface area contributed by atoms with Crippen LogP contribution in [-0.4, -0.2) is 43.3 Å². The van der Waals surface area contributed by atoms with Crippen LogP contribution in [0.5, 0.6) is 0 Å². The molecule has 154 valence electrons. The molecule has 8 nitrogen and oxygen atoms in total. The van der Waals surface area contributed by atoms with Crippen LogP contribution in [0.15, 0.2) is 46.0 Å². The molecule has 2 N–H and O–H groups in total. The minimum Gasteiger partial charge on any atom is -0.294 e. The van der Waals surface area contributed by atoms with Crippen molar-refractivity contribution in [2.24, 2.45) is 0 Å². The Balaban J connectivity index is 1.25. The van der Waals surface area contributed by atoms with Gasteiger partial charge in [0.2, 0.25) is 0 Å². The molecule has 0 unspecified atom stereocenters. The highest BCUT2D eigenvalue weighted by Crippen LogP contribution is 2.20. The molecule has 0 bridgehead atoms. The van der Waals surface area contributed by atoms with E-state index in [1.165, 1.54) is 11.1 Å². The Morgan fingerprint density at radius 2 is 1.27 bits per heavy atom. The summed E-state index contributed by atoms with van der Waals surface area (Å²) < 4.78 is 0. The molecule has 1 aromatic carbocycles. The van der Waals surface area contributed by atoms with Gasteiger partial charge in [-0.15, -0.1) is 0 Å². The van der Waals surface area contributed by atoms with Gasteiger partial charge in [-0.25, -0.2) is 10.2 Å². The Hall–Kier alpha value is -3.10. The fourth-order valence-electron chi connectivity index (χ4n) is 4.42. The van der Waals surface area contributed by atoms with E-state index in [9.17, 15) is 9.59 Å². The Morgan fingerprint density at radius 3 is 1.77 bits per heavy atom. The number of hydrogen-bond donors (Lipinski definition) is 2. The Morgan fingerprint density at radius 1 is 0.767 bits per heavy atom. The van der Waals surface area contributed by atoms with Gasteiger partial charge in [-0.3, -0.25) is 19.4 Å². The zero-order valence-corrected chi connectivity index (χ0v) is 16.7. The van der Waals surface area contributed by atoms with Gasteiger partial charge in [0.15, 0.2) is 0 Å². The van der Waals surface area contributed by atoms with E-state index in [4.69, 9.17) is 0 Å². The number of hydrogen-bond acceptors (Lipinski definition) is 6. The molecule has 30 heavy (non-hydrogen) atoms. The second-order valence-electron chi connectivity index (χ2n) is 8.15. The first-order chi connectivity index (χ1) is 14.6. The van der Waals surface area contributed by atoms with Crippen molar-refractivity contribution in [1.82, 2.24) is 30.2 Å². The number of aromatic nitrogens is 4. The number of nitrogens with one attached hydrogen (secondary N) is 2. The number of fused-ring (bicyclic) bond motifs is 2. The first-order valence-electron chi connectivity index (χ1n) is 10.3. The predicted molar refractivity (Wildman–Crippen MR) is 112 cm³/mol. The Labute approximate surface area is 173 Å². The quantitative estimate of drug-likeness (QED) is 0.673. The van der Waals surface area contributed by atoms with Gasteiger partial charge < -0.3 is 0 Å². The molecular weight excluding hydrogens is 380 g/mol. The van der Waals surface area contributed by atoms with Crippen LogP contribution in [0.3, 0.4) is 0 Å². The highest BCUT2D eigenvalue weighted by molar-refractivity contribution is 5.26. The number of rotatable bonds is 4. The maximum absolute atomic E-state index is 11.6. The highest BCUT2D eigenvalue weighted by Gasteiger charge is 2.20. The van der Waals surface area contributed by atoms with E-state index in [0.717, 1.165) is 74.6 Å². The number of aromatic amines is 2. The smallest absolute Gasteiger partial charge is 0.264 e. The topological polar surface area (TPSA) is 98.0 Å². The average Bonchev–Trinajstić information content (AvgIpc) is 2.73. The molecule has 0 atom stereocenters. The summed E-state index contributed by atoms with van der Waals surface area (Å²) in [5, 5.41) is 13.4. The van der Waals surface area contributed by atoms with E-state index in [1.807, 2.05) is 0 Å². The summed E-state index contributed by atoms with van der Waals surface area (Å²) in [7, 11) is 0. The van der Waals surface area contributed by atoms with Crippen molar-refractivity contribution in [2.45, 2.75) is 39.0 Å². The minimum absolute atomic E-state index is 0.141. The molecule has 2 aliphatic heterocycles. The molecule has 0 fully saturated rings. The van der Waals surface area contributed by atoms with Crippen LogP contribution in [0.4, 0.5) is 0 Å². The molecule has 2 aromatic heterocycles. The van der Waals surface area contributed by atoms with Gasteiger partial charge in [-0.1, -0.05) is 24.3 Å². The van der Waals surface area contributed by atoms with Gasteiger partial charge in [0.25, 0.3) is 11.1 Å². The molecule has 0 saturated heterocycles. The number of H-pyrrole nitrogens is 2. The third-order valence-corrected chi connectivity index (χ3v) is 5.88. The summed E-state index contributed by atoms with van der Waals surface area (Å²) in [5.41, 5.74) is 6.30. The number of benzene rings is 1. The van der Waals surface area contributed by atoms with Crippen molar-refractivity contribution in [3.8, 4) is 0 Å². The van der Waals surface area contributed by atoms with Crippen LogP contribution in [0.25, 0.3) is 0 Å². The van der Waals surface area contributed by atoms with Crippen LogP contribution in [0.1, 0.15) is 33.6 Å². The molecule has 0 aliphatic carbocycles. The first-order valence-corrected chi connectivity index (χ1v) is 10.3. The fourth-order valence-corrected chi connectivity index (χ4v) is 4.42. The lowest BCUT2D eigenvalue weighted by atomic mass is 10.0. The molecule has 3 aromatic rings. The SMILES string of the molecule is O=c1cc2c(n[nH]1)CCN(Cc1cccc(CN3CCc4n[nH]c(=O)cc4C3)c1)C2. The van der Waals surface area contributed by atoms with Gasteiger partial charge in [0, 0.05) is 64.2 Å². The molecule has 0 radical (unpaired) electrons. The third kappa shape index (κ3) is 4.10. The van der Waals surface area contributed by atoms with Crippen molar-refractivity contribution in [1.29, 1.82) is 0 Å². The van der Waals surface area contributed by atoms with Crippen LogP contribution in [0, 0.1) is 0 Å². The van der Waals surface area contributed by atoms with E-state index < -0.39 is 0 Å².